The van der Waals surface area contributed by atoms with E-state index in [4.69, 9.17) is 37.9 Å². The molecule has 12 nitrogen and oxygen atoms in total. The number of benzene rings is 4. The van der Waals surface area contributed by atoms with Crippen molar-refractivity contribution in [1.29, 1.82) is 0 Å². The van der Waals surface area contributed by atoms with Crippen molar-refractivity contribution in [1.82, 2.24) is 10.6 Å². The van der Waals surface area contributed by atoms with E-state index in [-0.39, 0.29) is 24.3 Å². The highest BCUT2D eigenvalue weighted by Crippen LogP contribution is 2.37. The van der Waals surface area contributed by atoms with Gasteiger partial charge in [0.05, 0.1) is 39.6 Å². The van der Waals surface area contributed by atoms with Gasteiger partial charge in [0, 0.05) is 12.8 Å². The highest BCUT2D eigenvalue weighted by atomic mass is 19.4. The molecule has 0 fully saturated rings. The van der Waals surface area contributed by atoms with Gasteiger partial charge in [-0.1, -0.05) is 12.1 Å². The van der Waals surface area contributed by atoms with Crippen LogP contribution in [0.1, 0.15) is 47.3 Å². The molecule has 0 spiro atoms. The molecule has 4 atom stereocenters. The number of halogens is 6. The lowest BCUT2D eigenvalue weighted by molar-refractivity contribution is -0.177. The molecule has 314 valence electrons. The predicted molar refractivity (Wildman–Crippen MR) is 196 cm³/mol. The van der Waals surface area contributed by atoms with Crippen molar-refractivity contribution in [2.75, 3.05) is 42.5 Å². The van der Waals surface area contributed by atoms with Crippen LogP contribution in [-0.2, 0) is 31.4 Å². The smallest absolute Gasteiger partial charge is 0.419 e. The lowest BCUT2D eigenvalue weighted by Gasteiger charge is -2.26. The van der Waals surface area contributed by atoms with E-state index in [1.165, 1.54) is 42.5 Å². The molecule has 0 amide bonds. The monoisotopic (exact) mass is 824 g/mol. The van der Waals surface area contributed by atoms with E-state index in [0.29, 0.717) is 34.1 Å². The van der Waals surface area contributed by atoms with Gasteiger partial charge in [-0.15, -0.1) is 0 Å². The Morgan fingerprint density at radius 1 is 0.517 bits per heavy atom. The fourth-order valence-corrected chi connectivity index (χ4v) is 5.58. The van der Waals surface area contributed by atoms with Crippen molar-refractivity contribution < 1.29 is 73.8 Å². The van der Waals surface area contributed by atoms with Crippen molar-refractivity contribution in [3.05, 3.63) is 107 Å². The molecule has 0 saturated carbocycles. The first-order valence-electron chi connectivity index (χ1n) is 17.4. The Labute approximate surface area is 330 Å². The summed E-state index contributed by atoms with van der Waals surface area (Å²) in [6.07, 6.45) is -13.8. The van der Waals surface area contributed by atoms with Crippen LogP contribution in [0.3, 0.4) is 0 Å². The third kappa shape index (κ3) is 12.1. The highest BCUT2D eigenvalue weighted by Gasteiger charge is 2.33. The minimum absolute atomic E-state index is 0.0628. The number of carbonyl (C=O) groups is 2. The molecule has 0 heterocycles. The fraction of sp³-hybridized carbons (Fsp3) is 0.350. The third-order valence-corrected chi connectivity index (χ3v) is 8.64. The minimum Gasteiger partial charge on any atom is -0.493 e. The molecule has 0 radical (unpaired) electrons. The van der Waals surface area contributed by atoms with Crippen molar-refractivity contribution >= 4 is 11.9 Å². The van der Waals surface area contributed by atoms with Gasteiger partial charge in [-0.25, -0.2) is 9.59 Å². The van der Waals surface area contributed by atoms with Crippen LogP contribution in [0, 0.1) is 0 Å². The molecule has 4 aromatic rings. The maximum absolute atomic E-state index is 13.2. The molecule has 0 aromatic heterocycles. The summed E-state index contributed by atoms with van der Waals surface area (Å²) in [5, 5.41) is 5.54. The number of carbonyl (C=O) groups excluding carboxylic acids is 2. The number of methoxy groups -OCH3 is 4. The average molecular weight is 825 g/mol. The summed E-state index contributed by atoms with van der Waals surface area (Å²) in [6.45, 7) is 0. The SMILES string of the molecule is CNC(CC(Oc1ccc(C(F)(F)F)cc1)c1ccc(OC)c(OC)c1)OC(=O)C(=O)OC(CC(Oc1ccc(C(F)(F)F)cc1)c1ccc(OC)c(OC)c1)NC. The van der Waals surface area contributed by atoms with Gasteiger partial charge in [-0.05, 0) is 98.0 Å². The molecule has 4 aromatic carbocycles. The number of nitrogens with one attached hydrogen (secondary N) is 2. The molecule has 58 heavy (non-hydrogen) atoms. The van der Waals surface area contributed by atoms with Crippen molar-refractivity contribution in [2.45, 2.75) is 49.9 Å². The predicted octanol–water partition coefficient (Wildman–Crippen LogP) is 7.66. The summed E-state index contributed by atoms with van der Waals surface area (Å²) in [5.41, 5.74) is -0.852. The molecule has 4 rings (SSSR count). The van der Waals surface area contributed by atoms with Crippen LogP contribution >= 0.6 is 0 Å². The van der Waals surface area contributed by atoms with Gasteiger partial charge in [0.1, 0.15) is 23.7 Å². The van der Waals surface area contributed by atoms with Crippen LogP contribution < -0.4 is 39.1 Å². The molecular weight excluding hydrogens is 782 g/mol. The Hall–Kier alpha value is -5.88. The van der Waals surface area contributed by atoms with Gasteiger partial charge < -0.3 is 37.9 Å². The Balaban J connectivity index is 1.53. The van der Waals surface area contributed by atoms with Crippen LogP contribution in [0.2, 0.25) is 0 Å². The van der Waals surface area contributed by atoms with Crippen molar-refractivity contribution in [2.24, 2.45) is 0 Å². The summed E-state index contributed by atoms with van der Waals surface area (Å²) >= 11 is 0. The molecule has 0 aliphatic rings. The van der Waals surface area contributed by atoms with Crippen LogP contribution in [0.5, 0.6) is 34.5 Å². The molecule has 18 heteroatoms. The van der Waals surface area contributed by atoms with E-state index in [0.717, 1.165) is 48.5 Å². The van der Waals surface area contributed by atoms with Crippen molar-refractivity contribution in [3.8, 4) is 34.5 Å². The van der Waals surface area contributed by atoms with Crippen LogP contribution in [-0.4, -0.2) is 66.9 Å². The summed E-state index contributed by atoms with van der Waals surface area (Å²) in [4.78, 5) is 26.3. The summed E-state index contributed by atoms with van der Waals surface area (Å²) in [7, 11) is 8.57. The summed E-state index contributed by atoms with van der Waals surface area (Å²) in [5.74, 6) is -1.30. The molecule has 0 bridgehead atoms. The number of ether oxygens (including phenoxy) is 8. The molecule has 0 aliphatic heterocycles. The van der Waals surface area contributed by atoms with E-state index in [1.807, 2.05) is 0 Å². The summed E-state index contributed by atoms with van der Waals surface area (Å²) in [6, 6.07) is 17.6. The number of rotatable bonds is 18. The number of hydrogen-bond donors (Lipinski definition) is 2. The van der Waals surface area contributed by atoms with Gasteiger partial charge in [-0.2, -0.15) is 26.3 Å². The fourth-order valence-electron chi connectivity index (χ4n) is 5.58. The number of alkyl halides is 6. The van der Waals surface area contributed by atoms with E-state index in [9.17, 15) is 35.9 Å². The van der Waals surface area contributed by atoms with Gasteiger partial charge >= 0.3 is 24.3 Å². The summed E-state index contributed by atoms with van der Waals surface area (Å²) < 4.78 is 124. The second-order valence-corrected chi connectivity index (χ2v) is 12.3. The lowest BCUT2D eigenvalue weighted by Crippen LogP contribution is -2.40. The first-order valence-corrected chi connectivity index (χ1v) is 17.4. The average Bonchev–Trinajstić information content (AvgIpc) is 3.21. The largest absolute Gasteiger partial charge is 0.493 e. The second-order valence-electron chi connectivity index (χ2n) is 12.3. The Morgan fingerprint density at radius 3 is 1.12 bits per heavy atom. The van der Waals surface area contributed by atoms with E-state index < -0.39 is 60.1 Å². The van der Waals surface area contributed by atoms with Gasteiger partial charge in [0.15, 0.2) is 35.5 Å². The van der Waals surface area contributed by atoms with E-state index in [1.54, 1.807) is 36.4 Å². The van der Waals surface area contributed by atoms with Crippen LogP contribution in [0.4, 0.5) is 26.3 Å². The number of hydrogen-bond acceptors (Lipinski definition) is 12. The molecule has 0 aliphatic carbocycles. The molecular formula is C40H42F6N2O10. The van der Waals surface area contributed by atoms with Crippen LogP contribution in [0.25, 0.3) is 0 Å². The standard InChI is InChI=1S/C40H42F6N2O10/c1-47-35(21-31(23-7-17-29(51-3)33(19-23)53-5)55-27-13-9-25(10-14-27)39(41,42)43)57-37(49)38(50)58-36(48-2)22-32(24-8-18-30(52-4)34(20-24)54-6)56-28-15-11-26(12-16-28)40(44,45)46/h7-20,31-32,35-36,47-48H,21-22H2,1-6H3. The first-order chi connectivity index (χ1) is 27.5. The van der Waals surface area contributed by atoms with E-state index in [2.05, 4.69) is 10.6 Å². The van der Waals surface area contributed by atoms with Gasteiger partial charge in [0.25, 0.3) is 0 Å². The number of esters is 2. The van der Waals surface area contributed by atoms with E-state index >= 15 is 0 Å². The maximum Gasteiger partial charge on any atom is 0.419 e. The van der Waals surface area contributed by atoms with Gasteiger partial charge in [-0.3, -0.25) is 10.6 Å². The second kappa shape index (κ2) is 20.0. The lowest BCUT2D eigenvalue weighted by atomic mass is 10.0. The minimum atomic E-state index is -4.57. The molecule has 0 saturated heterocycles. The van der Waals surface area contributed by atoms with Crippen molar-refractivity contribution in [3.63, 3.8) is 0 Å². The highest BCUT2D eigenvalue weighted by molar-refractivity contribution is 6.29. The Bertz CT molecular complexity index is 1820. The quantitative estimate of drug-likeness (QED) is 0.0442. The van der Waals surface area contributed by atoms with Gasteiger partial charge in [0.2, 0.25) is 0 Å². The zero-order chi connectivity index (χ0) is 42.6. The zero-order valence-electron chi connectivity index (χ0n) is 32.2. The Morgan fingerprint density at radius 2 is 0.845 bits per heavy atom. The third-order valence-electron chi connectivity index (χ3n) is 8.64. The molecule has 4 unspecified atom stereocenters. The zero-order valence-corrected chi connectivity index (χ0v) is 32.2. The topological polar surface area (TPSA) is 132 Å². The van der Waals surface area contributed by atoms with Crippen LogP contribution in [0.15, 0.2) is 84.9 Å². The Kier molecular flexibility index (Phi) is 15.5. The molecule has 2 N–H and O–H groups in total. The first kappa shape index (κ1) is 44.8. The normalized spacial score (nSPS) is 13.7. The maximum atomic E-state index is 13.2.